The number of carbonyl (C=O) groups excluding carboxylic acids is 1. The Hall–Kier alpha value is -1.77. The first-order valence-electron chi connectivity index (χ1n) is 6.75. The van der Waals surface area contributed by atoms with Crippen LogP contribution in [-0.4, -0.2) is 19.7 Å². The maximum atomic E-state index is 11.6. The Labute approximate surface area is 114 Å². The van der Waals surface area contributed by atoms with Crippen LogP contribution in [0.3, 0.4) is 0 Å². The predicted molar refractivity (Wildman–Crippen MR) is 75.0 cm³/mol. The largest absolute Gasteiger partial charge is 0.497 e. The van der Waals surface area contributed by atoms with E-state index in [-0.39, 0.29) is 5.97 Å². The summed E-state index contributed by atoms with van der Waals surface area (Å²) in [5.74, 6) is 0.729. The van der Waals surface area contributed by atoms with Gasteiger partial charge in [0.25, 0.3) is 0 Å². The second kappa shape index (κ2) is 6.41. The maximum absolute atomic E-state index is 11.6. The highest BCUT2D eigenvalue weighted by Gasteiger charge is 2.19. The molecule has 0 fully saturated rings. The van der Waals surface area contributed by atoms with Gasteiger partial charge in [0.15, 0.2) is 0 Å². The number of allylic oxidation sites excluding steroid dienone is 1. The van der Waals surface area contributed by atoms with E-state index < -0.39 is 0 Å². The van der Waals surface area contributed by atoms with Crippen LogP contribution in [-0.2, 0) is 9.53 Å². The molecule has 1 aromatic rings. The lowest BCUT2D eigenvalue weighted by Crippen LogP contribution is -2.05. The van der Waals surface area contributed by atoms with Crippen LogP contribution in [0.1, 0.15) is 38.2 Å². The molecule has 1 aliphatic rings. The van der Waals surface area contributed by atoms with E-state index in [1.54, 1.807) is 7.11 Å². The molecule has 0 saturated heterocycles. The minimum absolute atomic E-state index is 0.125. The third-order valence-corrected chi connectivity index (χ3v) is 3.41. The van der Waals surface area contributed by atoms with Gasteiger partial charge in [-0.05, 0) is 49.5 Å². The van der Waals surface area contributed by atoms with Gasteiger partial charge in [-0.2, -0.15) is 0 Å². The van der Waals surface area contributed by atoms with E-state index in [4.69, 9.17) is 9.47 Å². The van der Waals surface area contributed by atoms with Gasteiger partial charge in [-0.1, -0.05) is 17.7 Å². The minimum Gasteiger partial charge on any atom is -0.497 e. The van der Waals surface area contributed by atoms with E-state index in [9.17, 15) is 4.79 Å². The Balaban J connectivity index is 2.21. The van der Waals surface area contributed by atoms with Crippen LogP contribution >= 0.6 is 0 Å². The molecular formula is C16H20O3. The fourth-order valence-electron chi connectivity index (χ4n) is 2.55. The number of hydrogen-bond acceptors (Lipinski definition) is 3. The summed E-state index contributed by atoms with van der Waals surface area (Å²) in [6.07, 6.45) is 3.55. The maximum Gasteiger partial charge on any atom is 0.309 e. The highest BCUT2D eigenvalue weighted by molar-refractivity contribution is 5.80. The van der Waals surface area contributed by atoms with Gasteiger partial charge in [-0.3, -0.25) is 4.79 Å². The van der Waals surface area contributed by atoms with Crippen molar-refractivity contribution in [3.8, 4) is 5.75 Å². The fourth-order valence-corrected chi connectivity index (χ4v) is 2.55. The summed E-state index contributed by atoms with van der Waals surface area (Å²) in [6.45, 7) is 2.28. The number of carbonyl (C=O) groups is 1. The van der Waals surface area contributed by atoms with Crippen LogP contribution in [0.4, 0.5) is 0 Å². The zero-order chi connectivity index (χ0) is 13.7. The van der Waals surface area contributed by atoms with E-state index in [0.717, 1.165) is 30.6 Å². The summed E-state index contributed by atoms with van der Waals surface area (Å²) in [5.41, 5.74) is 3.66. The number of hydrogen-bond donors (Lipinski definition) is 0. The summed E-state index contributed by atoms with van der Waals surface area (Å²) in [7, 11) is 1.67. The van der Waals surface area contributed by atoms with Gasteiger partial charge in [0.2, 0.25) is 0 Å². The SMILES string of the molecule is CCOC(=O)CC1=C(c2cccc(OC)c2)CCC1. The van der Waals surface area contributed by atoms with Crippen LogP contribution in [0.2, 0.25) is 0 Å². The molecule has 3 nitrogen and oxygen atoms in total. The molecule has 0 spiro atoms. The van der Waals surface area contributed by atoms with Crippen LogP contribution in [0.5, 0.6) is 5.75 Å². The van der Waals surface area contributed by atoms with E-state index in [1.165, 1.54) is 11.1 Å². The van der Waals surface area contributed by atoms with E-state index in [1.807, 2.05) is 25.1 Å². The Kier molecular flexibility index (Phi) is 4.61. The molecule has 0 aromatic heterocycles. The Morgan fingerprint density at radius 1 is 1.32 bits per heavy atom. The van der Waals surface area contributed by atoms with Gasteiger partial charge >= 0.3 is 5.97 Å². The molecule has 0 amide bonds. The third kappa shape index (κ3) is 3.37. The molecular weight excluding hydrogens is 240 g/mol. The summed E-state index contributed by atoms with van der Waals surface area (Å²) in [6, 6.07) is 8.03. The van der Waals surface area contributed by atoms with E-state index in [0.29, 0.717) is 13.0 Å². The highest BCUT2D eigenvalue weighted by atomic mass is 16.5. The number of rotatable bonds is 5. The van der Waals surface area contributed by atoms with Gasteiger partial charge in [0.05, 0.1) is 20.1 Å². The number of esters is 1. The van der Waals surface area contributed by atoms with Crippen LogP contribution in [0, 0.1) is 0 Å². The Morgan fingerprint density at radius 3 is 2.89 bits per heavy atom. The highest BCUT2D eigenvalue weighted by Crippen LogP contribution is 2.36. The summed E-state index contributed by atoms with van der Waals surface area (Å²) in [4.78, 5) is 11.6. The van der Waals surface area contributed by atoms with Crippen LogP contribution < -0.4 is 4.74 Å². The first-order chi connectivity index (χ1) is 9.24. The fraction of sp³-hybridized carbons (Fsp3) is 0.438. The average molecular weight is 260 g/mol. The smallest absolute Gasteiger partial charge is 0.309 e. The molecule has 0 unspecified atom stereocenters. The van der Waals surface area contributed by atoms with Gasteiger partial charge in [0.1, 0.15) is 5.75 Å². The van der Waals surface area contributed by atoms with Crippen molar-refractivity contribution < 1.29 is 14.3 Å². The molecule has 102 valence electrons. The van der Waals surface area contributed by atoms with Gasteiger partial charge in [0, 0.05) is 0 Å². The number of benzene rings is 1. The lowest BCUT2D eigenvalue weighted by molar-refractivity contribution is -0.142. The molecule has 3 heteroatoms. The normalized spacial score (nSPS) is 14.6. The molecule has 2 rings (SSSR count). The summed E-state index contributed by atoms with van der Waals surface area (Å²) < 4.78 is 10.3. The average Bonchev–Trinajstić information content (AvgIpc) is 2.87. The quantitative estimate of drug-likeness (QED) is 0.759. The second-order valence-corrected chi connectivity index (χ2v) is 4.65. The van der Waals surface area contributed by atoms with Crippen molar-refractivity contribution in [1.82, 2.24) is 0 Å². The van der Waals surface area contributed by atoms with Crippen molar-refractivity contribution in [3.05, 3.63) is 35.4 Å². The molecule has 0 atom stereocenters. The molecule has 0 saturated carbocycles. The van der Waals surface area contributed by atoms with Crippen LogP contribution in [0.15, 0.2) is 29.8 Å². The van der Waals surface area contributed by atoms with Crippen molar-refractivity contribution in [1.29, 1.82) is 0 Å². The number of ether oxygens (including phenoxy) is 2. The molecule has 0 N–H and O–H groups in total. The van der Waals surface area contributed by atoms with E-state index >= 15 is 0 Å². The van der Waals surface area contributed by atoms with Gasteiger partial charge in [-0.25, -0.2) is 0 Å². The topological polar surface area (TPSA) is 35.5 Å². The number of methoxy groups -OCH3 is 1. The van der Waals surface area contributed by atoms with E-state index in [2.05, 4.69) is 6.07 Å². The van der Waals surface area contributed by atoms with Crippen LogP contribution in [0.25, 0.3) is 5.57 Å². The van der Waals surface area contributed by atoms with Crippen molar-refractivity contribution >= 4 is 11.5 Å². The first kappa shape index (κ1) is 13.7. The first-order valence-corrected chi connectivity index (χ1v) is 6.75. The second-order valence-electron chi connectivity index (χ2n) is 4.65. The molecule has 0 aliphatic heterocycles. The predicted octanol–water partition coefficient (Wildman–Crippen LogP) is 3.59. The molecule has 0 heterocycles. The monoisotopic (exact) mass is 260 g/mol. The third-order valence-electron chi connectivity index (χ3n) is 3.41. The van der Waals surface area contributed by atoms with Gasteiger partial charge in [-0.15, -0.1) is 0 Å². The van der Waals surface area contributed by atoms with Crippen molar-refractivity contribution in [2.75, 3.05) is 13.7 Å². The van der Waals surface area contributed by atoms with Crippen molar-refractivity contribution in [2.24, 2.45) is 0 Å². The molecule has 0 bridgehead atoms. The summed E-state index contributed by atoms with van der Waals surface area (Å²) in [5, 5.41) is 0. The molecule has 19 heavy (non-hydrogen) atoms. The Morgan fingerprint density at radius 2 is 2.16 bits per heavy atom. The van der Waals surface area contributed by atoms with Crippen molar-refractivity contribution in [2.45, 2.75) is 32.6 Å². The lowest BCUT2D eigenvalue weighted by Gasteiger charge is -2.09. The van der Waals surface area contributed by atoms with Crippen molar-refractivity contribution in [3.63, 3.8) is 0 Å². The lowest BCUT2D eigenvalue weighted by atomic mass is 10.00. The molecule has 1 aromatic carbocycles. The Bertz CT molecular complexity index is 489. The molecule has 0 radical (unpaired) electrons. The minimum atomic E-state index is -0.125. The molecule has 1 aliphatic carbocycles. The van der Waals surface area contributed by atoms with Gasteiger partial charge < -0.3 is 9.47 Å². The zero-order valence-electron chi connectivity index (χ0n) is 11.6. The standard InChI is InChI=1S/C16H20O3/c1-3-19-16(17)11-13-7-5-9-15(13)12-6-4-8-14(10-12)18-2/h4,6,8,10H,3,5,7,9,11H2,1-2H3. The summed E-state index contributed by atoms with van der Waals surface area (Å²) >= 11 is 0. The zero-order valence-corrected chi connectivity index (χ0v) is 11.6.